The van der Waals surface area contributed by atoms with E-state index < -0.39 is 2.69 Å². The Hall–Kier alpha value is 0.270. The van der Waals surface area contributed by atoms with E-state index in [0.29, 0.717) is 0 Å². The van der Waals surface area contributed by atoms with Gasteiger partial charge in [-0.2, -0.15) is 0 Å². The molecule has 78 valence electrons. The second-order valence-electron chi connectivity index (χ2n) is 2.87. The molecule has 4 heteroatoms. The molecule has 0 radical (unpaired) electrons. The van der Waals surface area contributed by atoms with Crippen molar-refractivity contribution >= 4 is 43.5 Å². The smallest absolute Gasteiger partial charge is 0.178 e. The van der Waals surface area contributed by atoms with Crippen molar-refractivity contribution in [1.29, 1.82) is 0 Å². The van der Waals surface area contributed by atoms with Crippen LogP contribution in [-0.2, 0) is 2.69 Å². The average molecular weight is 342 g/mol. The molecule has 1 nitrogen and oxygen atoms in total. The van der Waals surface area contributed by atoms with E-state index >= 15 is 0 Å². The molecule has 0 saturated heterocycles. The van der Waals surface area contributed by atoms with Crippen molar-refractivity contribution in [3.63, 3.8) is 0 Å². The van der Waals surface area contributed by atoms with E-state index in [0.717, 1.165) is 24.3 Å². The van der Waals surface area contributed by atoms with Crippen molar-refractivity contribution in [2.24, 2.45) is 0 Å². The fourth-order valence-corrected chi connectivity index (χ4v) is 1.61. The molecule has 0 amide bonds. The minimum Gasteiger partial charge on any atom is -0.494 e. The van der Waals surface area contributed by atoms with E-state index in [4.69, 9.17) is 16.3 Å². The second kappa shape index (κ2) is 5.38. The van der Waals surface area contributed by atoms with E-state index in [-0.39, 0.29) is 0 Å². The molecule has 0 N–H and O–H groups in total. The number of benzene rings is 1. The van der Waals surface area contributed by atoms with Gasteiger partial charge in [-0.1, -0.05) is 30.7 Å². The number of ether oxygens (including phenoxy) is 1. The zero-order chi connectivity index (χ0) is 10.6. The van der Waals surface area contributed by atoms with Crippen LogP contribution in [0.5, 0.6) is 5.75 Å². The van der Waals surface area contributed by atoms with E-state index in [2.05, 4.69) is 38.8 Å². The Bertz CT molecular complexity index is 279. The van der Waals surface area contributed by atoms with Gasteiger partial charge in [-0.3, -0.25) is 0 Å². The molecule has 0 bridgehead atoms. The Kier molecular flexibility index (Phi) is 4.74. The summed E-state index contributed by atoms with van der Waals surface area (Å²) in [7, 11) is 0. The highest BCUT2D eigenvalue weighted by Gasteiger charge is 2.20. The summed E-state index contributed by atoms with van der Waals surface area (Å²) < 4.78 is 4.77. The van der Waals surface area contributed by atoms with Crippen LogP contribution in [0.1, 0.15) is 18.9 Å². The van der Waals surface area contributed by atoms with E-state index in [1.807, 2.05) is 24.3 Å². The van der Waals surface area contributed by atoms with E-state index in [1.54, 1.807) is 0 Å². The zero-order valence-electron chi connectivity index (χ0n) is 7.77. The van der Waals surface area contributed by atoms with Gasteiger partial charge in [-0.25, -0.2) is 0 Å². The molecular weight excluding hydrogens is 331 g/mol. The lowest BCUT2D eigenvalue weighted by Crippen LogP contribution is -1.99. The highest BCUT2D eigenvalue weighted by molar-refractivity contribution is 9.25. The van der Waals surface area contributed by atoms with Crippen LogP contribution in [0.2, 0.25) is 0 Å². The van der Waals surface area contributed by atoms with Gasteiger partial charge in [-0.15, -0.1) is 0 Å². The van der Waals surface area contributed by atoms with Gasteiger partial charge in [0.25, 0.3) is 0 Å². The summed E-state index contributed by atoms with van der Waals surface area (Å²) in [5, 5.41) is 0. The minimum absolute atomic E-state index is 0.677. The monoisotopic (exact) mass is 340 g/mol. The molecule has 1 aromatic carbocycles. The van der Waals surface area contributed by atoms with E-state index in [1.165, 1.54) is 0 Å². The van der Waals surface area contributed by atoms with Gasteiger partial charge in [0.05, 0.1) is 6.61 Å². The largest absolute Gasteiger partial charge is 0.494 e. The predicted octanol–water partition coefficient (Wildman–Crippen LogP) is 4.61. The number of rotatable bonds is 4. The molecule has 0 heterocycles. The van der Waals surface area contributed by atoms with Crippen LogP contribution in [0.3, 0.4) is 0 Å². The molecule has 0 spiro atoms. The Morgan fingerprint density at radius 1 is 1.29 bits per heavy atom. The number of hydrogen-bond donors (Lipinski definition) is 0. The Morgan fingerprint density at radius 2 is 1.86 bits per heavy atom. The first kappa shape index (κ1) is 12.3. The fourth-order valence-electron chi connectivity index (χ4n) is 0.960. The molecule has 0 atom stereocenters. The molecule has 1 aromatic rings. The van der Waals surface area contributed by atoms with Gasteiger partial charge in [0.15, 0.2) is 2.69 Å². The summed E-state index contributed by atoms with van der Waals surface area (Å²) in [5.41, 5.74) is 0.947. The van der Waals surface area contributed by atoms with Crippen LogP contribution in [0, 0.1) is 0 Å². The summed E-state index contributed by atoms with van der Waals surface area (Å²) in [4.78, 5) is 0. The van der Waals surface area contributed by atoms with Crippen LogP contribution < -0.4 is 4.74 Å². The Labute approximate surface area is 106 Å². The highest BCUT2D eigenvalue weighted by atomic mass is 79.9. The first-order chi connectivity index (χ1) is 6.54. The number of hydrogen-bond acceptors (Lipinski definition) is 1. The summed E-state index contributed by atoms with van der Waals surface area (Å²) in [5.74, 6) is 0.872. The molecule has 0 aromatic heterocycles. The van der Waals surface area contributed by atoms with Crippen LogP contribution in [0.15, 0.2) is 24.3 Å². The first-order valence-corrected chi connectivity index (χ1v) is 6.30. The fraction of sp³-hybridized carbons (Fsp3) is 0.400. The third-order valence-corrected chi connectivity index (χ3v) is 2.79. The SMILES string of the molecule is CCCOc1ccc(C(Cl)(Br)Br)cc1. The topological polar surface area (TPSA) is 9.23 Å². The highest BCUT2D eigenvalue weighted by Crippen LogP contribution is 2.42. The summed E-state index contributed by atoms with van der Waals surface area (Å²) in [6, 6.07) is 7.65. The van der Waals surface area contributed by atoms with Gasteiger partial charge in [0.2, 0.25) is 0 Å². The van der Waals surface area contributed by atoms with Crippen LogP contribution in [0.4, 0.5) is 0 Å². The summed E-state index contributed by atoms with van der Waals surface area (Å²) in [6.07, 6.45) is 1.01. The van der Waals surface area contributed by atoms with Crippen LogP contribution in [-0.4, -0.2) is 6.61 Å². The summed E-state index contributed by atoms with van der Waals surface area (Å²) in [6.45, 7) is 2.82. The van der Waals surface area contributed by atoms with Crippen LogP contribution >= 0.6 is 43.5 Å². The average Bonchev–Trinajstić information content (AvgIpc) is 2.14. The van der Waals surface area contributed by atoms with E-state index in [9.17, 15) is 0 Å². The third kappa shape index (κ3) is 3.79. The first-order valence-electron chi connectivity index (χ1n) is 4.34. The lowest BCUT2D eigenvalue weighted by atomic mass is 10.2. The maximum atomic E-state index is 6.01. The van der Waals surface area contributed by atoms with Gasteiger partial charge in [0.1, 0.15) is 5.75 Å². The normalized spacial score (nSPS) is 11.4. The van der Waals surface area contributed by atoms with Crippen molar-refractivity contribution in [2.75, 3.05) is 6.61 Å². The van der Waals surface area contributed by atoms with Gasteiger partial charge in [-0.05, 0) is 56.0 Å². The molecule has 0 fully saturated rings. The molecule has 0 saturated carbocycles. The van der Waals surface area contributed by atoms with Crippen molar-refractivity contribution in [1.82, 2.24) is 0 Å². The van der Waals surface area contributed by atoms with Crippen molar-refractivity contribution in [2.45, 2.75) is 16.0 Å². The second-order valence-corrected chi connectivity index (χ2v) is 7.79. The zero-order valence-corrected chi connectivity index (χ0v) is 11.7. The van der Waals surface area contributed by atoms with Gasteiger partial charge < -0.3 is 4.74 Å². The van der Waals surface area contributed by atoms with Crippen molar-refractivity contribution in [3.05, 3.63) is 29.8 Å². The molecule has 0 aliphatic heterocycles. The molecule has 14 heavy (non-hydrogen) atoms. The lowest BCUT2D eigenvalue weighted by Gasteiger charge is -2.12. The quantitative estimate of drug-likeness (QED) is 0.726. The van der Waals surface area contributed by atoms with Crippen molar-refractivity contribution < 1.29 is 4.74 Å². The minimum atomic E-state index is -0.677. The third-order valence-electron chi connectivity index (χ3n) is 1.65. The van der Waals surface area contributed by atoms with Gasteiger partial charge in [0, 0.05) is 0 Å². The maximum absolute atomic E-state index is 6.01. The van der Waals surface area contributed by atoms with Crippen LogP contribution in [0.25, 0.3) is 0 Å². The Morgan fingerprint density at radius 3 is 2.29 bits per heavy atom. The molecule has 1 rings (SSSR count). The Balaban J connectivity index is 2.69. The van der Waals surface area contributed by atoms with Crippen molar-refractivity contribution in [3.8, 4) is 5.75 Å². The number of halogens is 3. The maximum Gasteiger partial charge on any atom is 0.178 e. The molecular formula is C10H11Br2ClO. The molecule has 0 aliphatic carbocycles. The standard InChI is InChI=1S/C10H11Br2ClO/c1-2-7-14-9-5-3-8(4-6-9)10(11,12)13/h3-6H,2,7H2,1H3. The summed E-state index contributed by atoms with van der Waals surface area (Å²) >= 11 is 12.6. The predicted molar refractivity (Wildman–Crippen MR) is 67.6 cm³/mol. The molecule has 0 unspecified atom stereocenters. The number of alkyl halides is 3. The molecule has 0 aliphatic rings. The van der Waals surface area contributed by atoms with Gasteiger partial charge >= 0.3 is 0 Å². The lowest BCUT2D eigenvalue weighted by molar-refractivity contribution is 0.317.